The Kier molecular flexibility index (Phi) is 6.79. The summed E-state index contributed by atoms with van der Waals surface area (Å²) in [6.07, 6.45) is 4.25. The molecule has 2 aromatic rings. The Morgan fingerprint density at radius 1 is 1.00 bits per heavy atom. The largest absolute Gasteiger partial charge is 0.369 e. The Morgan fingerprint density at radius 2 is 1.63 bits per heavy atom. The number of nitrogens with one attached hydrogen (secondary N) is 2. The molecular weight excluding hydrogens is 400 g/mol. The minimum Gasteiger partial charge on any atom is -0.369 e. The molecule has 1 heterocycles. The summed E-state index contributed by atoms with van der Waals surface area (Å²) in [5, 5.41) is 2.89. The summed E-state index contributed by atoms with van der Waals surface area (Å²) in [4.78, 5) is 17.0. The molecule has 1 saturated heterocycles. The molecule has 1 aliphatic rings. The van der Waals surface area contributed by atoms with Crippen molar-refractivity contribution in [3.63, 3.8) is 0 Å². The van der Waals surface area contributed by atoms with Crippen molar-refractivity contribution in [1.29, 1.82) is 0 Å². The van der Waals surface area contributed by atoms with Gasteiger partial charge < -0.3 is 15.1 Å². The third-order valence-corrected chi connectivity index (χ3v) is 5.56. The SMILES string of the molecule is Cc1cc(NC(=O)/C=C/c2ccc(NS(C)(=O)=O)cc2)ccc1N1CCN(C)CC1. The Bertz CT molecular complexity index is 1020. The number of sulfonamides is 1. The van der Waals surface area contributed by atoms with E-state index in [4.69, 9.17) is 0 Å². The molecule has 0 saturated carbocycles. The number of anilines is 3. The Hall–Kier alpha value is -2.84. The predicted molar refractivity (Wildman–Crippen MR) is 123 cm³/mol. The Morgan fingerprint density at radius 3 is 2.23 bits per heavy atom. The molecule has 2 N–H and O–H groups in total. The van der Waals surface area contributed by atoms with Crippen LogP contribution in [0, 0.1) is 6.92 Å². The number of aryl methyl sites for hydroxylation is 1. The fourth-order valence-corrected chi connectivity index (χ4v) is 3.93. The first-order chi connectivity index (χ1) is 14.2. The molecular formula is C22H28N4O3S. The average molecular weight is 429 g/mol. The second-order valence-corrected chi connectivity index (χ2v) is 9.36. The average Bonchev–Trinajstić information content (AvgIpc) is 2.67. The van der Waals surface area contributed by atoms with Gasteiger partial charge in [-0.1, -0.05) is 12.1 Å². The summed E-state index contributed by atoms with van der Waals surface area (Å²) >= 11 is 0. The summed E-state index contributed by atoms with van der Waals surface area (Å²) in [6, 6.07) is 12.8. The molecule has 0 atom stereocenters. The maximum absolute atomic E-state index is 12.3. The highest BCUT2D eigenvalue weighted by molar-refractivity contribution is 7.92. The van der Waals surface area contributed by atoms with Gasteiger partial charge in [0.25, 0.3) is 0 Å². The number of carbonyl (C=O) groups excluding carboxylic acids is 1. The van der Waals surface area contributed by atoms with Crippen LogP contribution in [0.1, 0.15) is 11.1 Å². The van der Waals surface area contributed by atoms with E-state index in [9.17, 15) is 13.2 Å². The highest BCUT2D eigenvalue weighted by Gasteiger charge is 2.16. The second-order valence-electron chi connectivity index (χ2n) is 7.61. The van der Waals surface area contributed by atoms with E-state index in [1.54, 1.807) is 30.3 Å². The molecule has 160 valence electrons. The van der Waals surface area contributed by atoms with Gasteiger partial charge in [0.1, 0.15) is 0 Å². The van der Waals surface area contributed by atoms with Gasteiger partial charge >= 0.3 is 0 Å². The number of amides is 1. The van der Waals surface area contributed by atoms with E-state index in [-0.39, 0.29) is 5.91 Å². The number of piperazine rings is 1. The van der Waals surface area contributed by atoms with Crippen LogP contribution in [0.2, 0.25) is 0 Å². The van der Waals surface area contributed by atoms with Crippen molar-refractivity contribution in [2.24, 2.45) is 0 Å². The van der Waals surface area contributed by atoms with Crippen molar-refractivity contribution in [2.75, 3.05) is 54.4 Å². The zero-order chi connectivity index (χ0) is 21.7. The van der Waals surface area contributed by atoms with Crippen LogP contribution >= 0.6 is 0 Å². The molecule has 0 unspecified atom stereocenters. The van der Waals surface area contributed by atoms with Gasteiger partial charge in [0.2, 0.25) is 15.9 Å². The van der Waals surface area contributed by atoms with E-state index in [0.717, 1.165) is 49.2 Å². The van der Waals surface area contributed by atoms with E-state index in [0.29, 0.717) is 5.69 Å². The van der Waals surface area contributed by atoms with Gasteiger partial charge in [-0.3, -0.25) is 9.52 Å². The molecule has 30 heavy (non-hydrogen) atoms. The fraction of sp³-hybridized carbons (Fsp3) is 0.318. The smallest absolute Gasteiger partial charge is 0.248 e. The molecule has 0 spiro atoms. The summed E-state index contributed by atoms with van der Waals surface area (Å²) in [7, 11) is -1.17. The minimum atomic E-state index is -3.30. The van der Waals surface area contributed by atoms with E-state index in [1.807, 2.05) is 12.1 Å². The monoisotopic (exact) mass is 428 g/mol. The van der Waals surface area contributed by atoms with Gasteiger partial charge in [-0.2, -0.15) is 0 Å². The van der Waals surface area contributed by atoms with Gasteiger partial charge in [-0.25, -0.2) is 8.42 Å². The summed E-state index contributed by atoms with van der Waals surface area (Å²) in [5.74, 6) is -0.222. The molecule has 0 aliphatic carbocycles. The van der Waals surface area contributed by atoms with E-state index >= 15 is 0 Å². The number of carbonyl (C=O) groups is 1. The molecule has 2 aromatic carbocycles. The van der Waals surface area contributed by atoms with Crippen LogP contribution in [0.5, 0.6) is 0 Å². The second kappa shape index (κ2) is 9.32. The van der Waals surface area contributed by atoms with Crippen molar-refractivity contribution in [2.45, 2.75) is 6.92 Å². The first kappa shape index (κ1) is 21.9. The molecule has 1 fully saturated rings. The molecule has 0 radical (unpaired) electrons. The third-order valence-electron chi connectivity index (χ3n) is 4.95. The summed E-state index contributed by atoms with van der Waals surface area (Å²) in [6.45, 7) is 6.17. The number of hydrogen-bond donors (Lipinski definition) is 2. The molecule has 1 amide bonds. The number of rotatable bonds is 6. The zero-order valence-corrected chi connectivity index (χ0v) is 18.4. The van der Waals surface area contributed by atoms with Crippen molar-refractivity contribution < 1.29 is 13.2 Å². The zero-order valence-electron chi connectivity index (χ0n) is 17.6. The topological polar surface area (TPSA) is 81.8 Å². The maximum atomic E-state index is 12.3. The van der Waals surface area contributed by atoms with E-state index in [1.165, 1.54) is 11.8 Å². The lowest BCUT2D eigenvalue weighted by Gasteiger charge is -2.35. The van der Waals surface area contributed by atoms with Gasteiger partial charge in [0, 0.05) is 49.3 Å². The van der Waals surface area contributed by atoms with Crippen LogP contribution < -0.4 is 14.9 Å². The first-order valence-electron chi connectivity index (χ1n) is 9.81. The lowest BCUT2D eigenvalue weighted by atomic mass is 10.1. The van der Waals surface area contributed by atoms with Crippen LogP contribution in [-0.2, 0) is 14.8 Å². The third kappa shape index (κ3) is 6.33. The standard InChI is InChI=1S/C22H28N4O3S/c1-17-16-20(9-10-21(17)26-14-12-25(2)13-15-26)23-22(27)11-6-18-4-7-19(8-5-18)24-30(3,28)29/h4-11,16,24H,12-15H2,1-3H3,(H,23,27)/b11-6+. The molecule has 0 bridgehead atoms. The molecule has 0 aromatic heterocycles. The highest BCUT2D eigenvalue weighted by Crippen LogP contribution is 2.24. The van der Waals surface area contributed by atoms with Crippen LogP contribution in [0.4, 0.5) is 17.1 Å². The molecule has 8 heteroatoms. The van der Waals surface area contributed by atoms with Gasteiger partial charge in [0.05, 0.1) is 6.26 Å². The van der Waals surface area contributed by atoms with Crippen LogP contribution in [-0.4, -0.2) is 58.7 Å². The van der Waals surface area contributed by atoms with Crippen LogP contribution in [0.3, 0.4) is 0 Å². The van der Waals surface area contributed by atoms with Crippen molar-refractivity contribution >= 4 is 39.1 Å². The van der Waals surface area contributed by atoms with Gasteiger partial charge in [-0.15, -0.1) is 0 Å². The quantitative estimate of drug-likeness (QED) is 0.692. The number of hydrogen-bond acceptors (Lipinski definition) is 5. The normalized spacial score (nSPS) is 15.4. The van der Waals surface area contributed by atoms with Crippen molar-refractivity contribution in [3.8, 4) is 0 Å². The minimum absolute atomic E-state index is 0.222. The van der Waals surface area contributed by atoms with Gasteiger partial charge in [-0.05, 0) is 61.5 Å². The van der Waals surface area contributed by atoms with Crippen molar-refractivity contribution in [1.82, 2.24) is 4.90 Å². The first-order valence-corrected chi connectivity index (χ1v) is 11.7. The lowest BCUT2D eigenvalue weighted by molar-refractivity contribution is -0.111. The fourth-order valence-electron chi connectivity index (χ4n) is 3.37. The predicted octanol–water partition coefficient (Wildman–Crippen LogP) is 2.77. The van der Waals surface area contributed by atoms with Crippen LogP contribution in [0.15, 0.2) is 48.5 Å². The highest BCUT2D eigenvalue weighted by atomic mass is 32.2. The molecule has 3 rings (SSSR count). The number of nitrogens with zero attached hydrogens (tertiary/aromatic N) is 2. The van der Waals surface area contributed by atoms with Crippen molar-refractivity contribution in [3.05, 3.63) is 59.7 Å². The van der Waals surface area contributed by atoms with Gasteiger partial charge in [0.15, 0.2) is 0 Å². The van der Waals surface area contributed by atoms with E-state index in [2.05, 4.69) is 39.9 Å². The maximum Gasteiger partial charge on any atom is 0.248 e. The number of benzene rings is 2. The summed E-state index contributed by atoms with van der Waals surface area (Å²) in [5.41, 5.74) is 4.38. The Balaban J connectivity index is 1.58. The lowest BCUT2D eigenvalue weighted by Crippen LogP contribution is -2.44. The van der Waals surface area contributed by atoms with E-state index < -0.39 is 10.0 Å². The Labute approximate surface area is 178 Å². The van der Waals surface area contributed by atoms with Crippen LogP contribution in [0.25, 0.3) is 6.08 Å². The summed E-state index contributed by atoms with van der Waals surface area (Å²) < 4.78 is 24.9. The number of likely N-dealkylation sites (N-methyl/N-ethyl adjacent to an activating group) is 1. The molecule has 1 aliphatic heterocycles. The molecule has 7 nitrogen and oxygen atoms in total.